The van der Waals surface area contributed by atoms with E-state index in [9.17, 15) is 9.59 Å². The van der Waals surface area contributed by atoms with E-state index in [2.05, 4.69) is 10.4 Å². The molecule has 1 saturated carbocycles. The number of thiophene rings is 1. The first-order valence-corrected chi connectivity index (χ1v) is 11.2. The lowest BCUT2D eigenvalue weighted by Crippen LogP contribution is -2.40. The Morgan fingerprint density at radius 2 is 2.03 bits per heavy atom. The van der Waals surface area contributed by atoms with Crippen LogP contribution in [0, 0.1) is 11.3 Å². The highest BCUT2D eigenvalue weighted by Gasteiger charge is 2.58. The van der Waals surface area contributed by atoms with Crippen LogP contribution in [0.25, 0.3) is 5.69 Å². The molecule has 1 saturated heterocycles. The van der Waals surface area contributed by atoms with Gasteiger partial charge >= 0.3 is 0 Å². The maximum absolute atomic E-state index is 13.0. The monoisotopic (exact) mass is 420 g/mol. The number of nitrogens with zero attached hydrogens (tertiary/aromatic N) is 3. The highest BCUT2D eigenvalue weighted by atomic mass is 32.1. The molecule has 1 N–H and O–H groups in total. The fourth-order valence-corrected chi connectivity index (χ4v) is 5.17. The highest BCUT2D eigenvalue weighted by Crippen LogP contribution is 2.59. The zero-order valence-electron chi connectivity index (χ0n) is 16.7. The summed E-state index contributed by atoms with van der Waals surface area (Å²) in [7, 11) is 0. The number of likely N-dealkylation sites (tertiary alicyclic amines) is 1. The fraction of sp³-hybridized carbons (Fsp3) is 0.348. The van der Waals surface area contributed by atoms with E-state index < -0.39 is 0 Å². The summed E-state index contributed by atoms with van der Waals surface area (Å²) in [6, 6.07) is 13.5. The Hall–Kier alpha value is -2.93. The van der Waals surface area contributed by atoms with Crippen LogP contribution in [-0.4, -0.2) is 39.6 Å². The van der Waals surface area contributed by atoms with Crippen LogP contribution in [0.2, 0.25) is 0 Å². The number of carbonyl (C=O) groups excluding carboxylic acids is 2. The predicted octanol–water partition coefficient (Wildman–Crippen LogP) is 3.49. The van der Waals surface area contributed by atoms with Gasteiger partial charge in [-0.05, 0) is 60.4 Å². The largest absolute Gasteiger partial charge is 0.351 e. The second-order valence-corrected chi connectivity index (χ2v) is 9.24. The quantitative estimate of drug-likeness (QED) is 0.687. The molecule has 3 aromatic rings. The first-order chi connectivity index (χ1) is 14.6. The molecule has 2 amide bonds. The van der Waals surface area contributed by atoms with Crippen molar-refractivity contribution in [3.05, 3.63) is 70.7 Å². The van der Waals surface area contributed by atoms with E-state index in [0.29, 0.717) is 25.2 Å². The van der Waals surface area contributed by atoms with Crippen molar-refractivity contribution in [2.75, 3.05) is 13.1 Å². The van der Waals surface area contributed by atoms with Gasteiger partial charge in [-0.25, -0.2) is 4.68 Å². The van der Waals surface area contributed by atoms with Crippen molar-refractivity contribution in [3.63, 3.8) is 0 Å². The van der Waals surface area contributed by atoms with Gasteiger partial charge in [0.15, 0.2) is 0 Å². The average Bonchev–Trinajstić information content (AvgIpc) is 3.20. The number of piperidine rings is 1. The Morgan fingerprint density at radius 3 is 2.77 bits per heavy atom. The van der Waals surface area contributed by atoms with Crippen LogP contribution in [0.1, 0.15) is 34.5 Å². The summed E-state index contributed by atoms with van der Waals surface area (Å²) in [6.45, 7) is 2.03. The third kappa shape index (κ3) is 3.65. The molecular weight excluding hydrogens is 396 g/mol. The lowest BCUT2D eigenvalue weighted by molar-refractivity contribution is -0.123. The van der Waals surface area contributed by atoms with Gasteiger partial charge in [-0.1, -0.05) is 12.1 Å². The van der Waals surface area contributed by atoms with Gasteiger partial charge in [0, 0.05) is 41.8 Å². The number of amides is 2. The second-order valence-electron chi connectivity index (χ2n) is 8.21. The van der Waals surface area contributed by atoms with Gasteiger partial charge in [0.25, 0.3) is 5.91 Å². The molecule has 1 spiro atoms. The number of hydrogen-bond acceptors (Lipinski definition) is 4. The van der Waals surface area contributed by atoms with Crippen molar-refractivity contribution in [3.8, 4) is 5.69 Å². The van der Waals surface area contributed by atoms with Gasteiger partial charge < -0.3 is 10.2 Å². The standard InChI is InChI=1S/C23H24N4O2S/c28-21(24-16-19-6-2-13-30-19)20-15-23(20)7-11-26(12-8-23)22(29)17-4-1-5-18(14-17)27-10-3-9-25-27/h1-6,9-10,13-14,20H,7-8,11-12,15-16H2,(H,24,28)/t20-/m1/s1. The molecule has 0 bridgehead atoms. The van der Waals surface area contributed by atoms with E-state index >= 15 is 0 Å². The smallest absolute Gasteiger partial charge is 0.253 e. The first-order valence-electron chi connectivity index (χ1n) is 10.3. The molecular formula is C23H24N4O2S. The predicted molar refractivity (Wildman–Crippen MR) is 115 cm³/mol. The van der Waals surface area contributed by atoms with Gasteiger partial charge in [-0.3, -0.25) is 9.59 Å². The molecule has 2 aromatic heterocycles. The minimum atomic E-state index is 0.0539. The Bertz CT molecular complexity index is 1040. The third-order valence-corrected chi connectivity index (χ3v) is 7.31. The van der Waals surface area contributed by atoms with Crippen molar-refractivity contribution < 1.29 is 9.59 Å². The first kappa shape index (κ1) is 19.1. The molecule has 2 fully saturated rings. The summed E-state index contributed by atoms with van der Waals surface area (Å²) in [6.07, 6.45) is 6.33. The maximum atomic E-state index is 13.0. The molecule has 3 heterocycles. The molecule has 1 aliphatic heterocycles. The molecule has 0 radical (unpaired) electrons. The molecule has 30 heavy (non-hydrogen) atoms. The zero-order chi connectivity index (χ0) is 20.6. The Kier molecular flexibility index (Phi) is 4.90. The van der Waals surface area contributed by atoms with E-state index in [4.69, 9.17) is 0 Å². The summed E-state index contributed by atoms with van der Waals surface area (Å²) in [4.78, 5) is 28.7. The highest BCUT2D eigenvalue weighted by molar-refractivity contribution is 7.09. The van der Waals surface area contributed by atoms with Crippen LogP contribution in [0.4, 0.5) is 0 Å². The topological polar surface area (TPSA) is 67.2 Å². The summed E-state index contributed by atoms with van der Waals surface area (Å²) in [5.41, 5.74) is 1.65. The van der Waals surface area contributed by atoms with E-state index in [1.54, 1.807) is 22.2 Å². The molecule has 1 aromatic carbocycles. The molecule has 1 atom stereocenters. The summed E-state index contributed by atoms with van der Waals surface area (Å²) in [5, 5.41) is 9.34. The minimum absolute atomic E-state index is 0.0539. The van der Waals surface area contributed by atoms with Gasteiger partial charge in [-0.2, -0.15) is 5.10 Å². The number of benzene rings is 1. The lowest BCUT2D eigenvalue weighted by Gasteiger charge is -2.33. The minimum Gasteiger partial charge on any atom is -0.351 e. The molecule has 1 aliphatic carbocycles. The molecule has 0 unspecified atom stereocenters. The average molecular weight is 421 g/mol. The molecule has 7 heteroatoms. The number of hydrogen-bond donors (Lipinski definition) is 1. The SMILES string of the molecule is O=C(NCc1cccs1)[C@H]1CC12CCN(C(=O)c1cccc(-n3cccn3)c1)CC2. The Balaban J connectivity index is 1.17. The van der Waals surface area contributed by atoms with E-state index in [1.807, 2.05) is 58.9 Å². The molecule has 5 rings (SSSR count). The fourth-order valence-electron chi connectivity index (χ4n) is 4.52. The number of aromatic nitrogens is 2. The van der Waals surface area contributed by atoms with Crippen molar-refractivity contribution >= 4 is 23.2 Å². The van der Waals surface area contributed by atoms with Crippen molar-refractivity contribution in [1.29, 1.82) is 0 Å². The van der Waals surface area contributed by atoms with Crippen molar-refractivity contribution in [2.24, 2.45) is 11.3 Å². The van der Waals surface area contributed by atoms with E-state index in [-0.39, 0.29) is 23.1 Å². The zero-order valence-corrected chi connectivity index (χ0v) is 17.5. The van der Waals surface area contributed by atoms with Gasteiger partial charge in [0.2, 0.25) is 5.91 Å². The van der Waals surface area contributed by atoms with Crippen LogP contribution >= 0.6 is 11.3 Å². The van der Waals surface area contributed by atoms with Crippen LogP contribution < -0.4 is 5.32 Å². The summed E-state index contributed by atoms with van der Waals surface area (Å²) in [5.74, 6) is 0.311. The van der Waals surface area contributed by atoms with Crippen LogP contribution in [-0.2, 0) is 11.3 Å². The van der Waals surface area contributed by atoms with E-state index in [1.165, 1.54) is 4.88 Å². The number of carbonyl (C=O) groups is 2. The Labute approximate surface area is 179 Å². The van der Waals surface area contributed by atoms with Crippen molar-refractivity contribution in [1.82, 2.24) is 20.0 Å². The molecule has 154 valence electrons. The van der Waals surface area contributed by atoms with Crippen LogP contribution in [0.3, 0.4) is 0 Å². The summed E-state index contributed by atoms with van der Waals surface area (Å²) < 4.78 is 1.76. The second kappa shape index (κ2) is 7.72. The number of rotatable bonds is 5. The van der Waals surface area contributed by atoms with Crippen LogP contribution in [0.5, 0.6) is 0 Å². The van der Waals surface area contributed by atoms with Gasteiger partial charge in [0.1, 0.15) is 0 Å². The molecule has 2 aliphatic rings. The van der Waals surface area contributed by atoms with Crippen LogP contribution in [0.15, 0.2) is 60.2 Å². The number of nitrogens with one attached hydrogen (secondary N) is 1. The molecule has 6 nitrogen and oxygen atoms in total. The lowest BCUT2D eigenvalue weighted by atomic mass is 9.90. The summed E-state index contributed by atoms with van der Waals surface area (Å²) >= 11 is 1.66. The van der Waals surface area contributed by atoms with Gasteiger partial charge in [0.05, 0.1) is 12.2 Å². The van der Waals surface area contributed by atoms with Gasteiger partial charge in [-0.15, -0.1) is 11.3 Å². The maximum Gasteiger partial charge on any atom is 0.253 e. The van der Waals surface area contributed by atoms with Crippen molar-refractivity contribution in [2.45, 2.75) is 25.8 Å². The third-order valence-electron chi connectivity index (χ3n) is 6.43. The van der Waals surface area contributed by atoms with E-state index in [0.717, 1.165) is 24.9 Å². The normalized spacial score (nSPS) is 19.6. The Morgan fingerprint density at radius 1 is 1.17 bits per heavy atom.